The maximum Gasteiger partial charge on any atom is 0.255 e. The smallest absolute Gasteiger partial charge is 0.255 e. The Bertz CT molecular complexity index is 635. The molecule has 3 fully saturated rings. The Hall–Kier alpha value is -1.66. The summed E-state index contributed by atoms with van der Waals surface area (Å²) in [5, 5.41) is 0. The van der Waals surface area contributed by atoms with Gasteiger partial charge in [-0.05, 0) is 57.7 Å². The predicted octanol–water partition coefficient (Wildman–Crippen LogP) is 2.73. The number of pyridine rings is 1. The topological polar surface area (TPSA) is 54.9 Å². The quantitative estimate of drug-likeness (QED) is 0.815. The Morgan fingerprint density at radius 3 is 2.63 bits per heavy atom. The number of aromatic nitrogens is 1. The molecule has 0 saturated carbocycles. The molecule has 0 radical (unpaired) electrons. The van der Waals surface area contributed by atoms with Crippen molar-refractivity contribution >= 4 is 5.91 Å². The molecule has 4 rings (SSSR count). The largest absolute Gasteiger partial charge is 0.481 e. The van der Waals surface area contributed by atoms with Crippen molar-refractivity contribution in [2.75, 3.05) is 39.9 Å². The van der Waals surface area contributed by atoms with E-state index in [9.17, 15) is 4.79 Å². The van der Waals surface area contributed by atoms with Crippen molar-refractivity contribution in [1.82, 2.24) is 14.8 Å². The molecule has 1 aromatic rings. The molecule has 0 aromatic carbocycles. The molecular formula is C21H31N3O3. The molecule has 148 valence electrons. The van der Waals surface area contributed by atoms with Crippen molar-refractivity contribution in [3.63, 3.8) is 0 Å². The highest BCUT2D eigenvalue weighted by molar-refractivity contribution is 5.94. The Morgan fingerprint density at radius 2 is 1.96 bits per heavy atom. The molecule has 27 heavy (non-hydrogen) atoms. The highest BCUT2D eigenvalue weighted by atomic mass is 16.5. The van der Waals surface area contributed by atoms with Crippen LogP contribution < -0.4 is 4.74 Å². The van der Waals surface area contributed by atoms with Crippen LogP contribution in [0, 0.1) is 0 Å². The average molecular weight is 373 g/mol. The number of amides is 1. The number of rotatable bonds is 3. The highest BCUT2D eigenvalue weighted by Crippen LogP contribution is 2.37. The van der Waals surface area contributed by atoms with Gasteiger partial charge in [0, 0.05) is 38.0 Å². The molecule has 1 unspecified atom stereocenters. The number of nitrogens with zero attached hydrogens (tertiary/aromatic N) is 3. The van der Waals surface area contributed by atoms with Crippen molar-refractivity contribution in [1.29, 1.82) is 0 Å². The molecule has 3 aliphatic rings. The number of hydrogen-bond donors (Lipinski definition) is 0. The third-order valence-electron chi connectivity index (χ3n) is 6.53. The summed E-state index contributed by atoms with van der Waals surface area (Å²) in [5.74, 6) is 0.590. The first kappa shape index (κ1) is 18.7. The Kier molecular flexibility index (Phi) is 5.64. The molecule has 4 heterocycles. The average Bonchev–Trinajstić information content (AvgIpc) is 2.75. The first-order valence-corrected chi connectivity index (χ1v) is 10.4. The molecular weight excluding hydrogens is 342 g/mol. The first-order valence-electron chi connectivity index (χ1n) is 10.4. The van der Waals surface area contributed by atoms with Gasteiger partial charge in [0.2, 0.25) is 5.88 Å². The number of piperidine rings is 2. The van der Waals surface area contributed by atoms with Crippen molar-refractivity contribution in [3.05, 3.63) is 23.9 Å². The van der Waals surface area contributed by atoms with Crippen LogP contribution in [-0.4, -0.2) is 72.2 Å². The lowest BCUT2D eigenvalue weighted by Gasteiger charge is -2.49. The minimum absolute atomic E-state index is 0.0324. The third-order valence-corrected chi connectivity index (χ3v) is 6.53. The third kappa shape index (κ3) is 4.11. The zero-order valence-corrected chi connectivity index (χ0v) is 16.4. The fraction of sp³-hybridized carbons (Fsp3) is 0.714. The summed E-state index contributed by atoms with van der Waals surface area (Å²) in [6.07, 6.45) is 9.81. The molecule has 1 atom stereocenters. The summed E-state index contributed by atoms with van der Waals surface area (Å²) < 4.78 is 11.4. The number of methoxy groups -OCH3 is 1. The number of ether oxygens (including phenoxy) is 2. The summed E-state index contributed by atoms with van der Waals surface area (Å²) in [7, 11) is 1.58. The Balaban J connectivity index is 1.35. The summed E-state index contributed by atoms with van der Waals surface area (Å²) in [5.41, 5.74) is 0.595. The van der Waals surface area contributed by atoms with E-state index < -0.39 is 0 Å². The highest BCUT2D eigenvalue weighted by Gasteiger charge is 2.42. The second-order valence-electron chi connectivity index (χ2n) is 8.16. The van der Waals surface area contributed by atoms with Crippen LogP contribution in [0.4, 0.5) is 0 Å². The van der Waals surface area contributed by atoms with E-state index in [0.29, 0.717) is 17.5 Å². The number of carbonyl (C=O) groups is 1. The molecule has 0 aliphatic carbocycles. The summed E-state index contributed by atoms with van der Waals surface area (Å²) in [6.45, 7) is 4.87. The molecule has 3 aliphatic heterocycles. The van der Waals surface area contributed by atoms with Crippen LogP contribution in [0.25, 0.3) is 0 Å². The lowest BCUT2D eigenvalue weighted by Crippen LogP contribution is -2.55. The van der Waals surface area contributed by atoms with Crippen LogP contribution >= 0.6 is 0 Å². The normalized spacial score (nSPS) is 26.1. The van der Waals surface area contributed by atoms with E-state index in [1.54, 1.807) is 25.4 Å². The molecule has 0 N–H and O–H groups in total. The predicted molar refractivity (Wildman–Crippen MR) is 103 cm³/mol. The lowest BCUT2D eigenvalue weighted by atomic mass is 9.81. The fourth-order valence-corrected chi connectivity index (χ4v) is 4.87. The van der Waals surface area contributed by atoms with Crippen molar-refractivity contribution in [3.8, 4) is 5.88 Å². The molecule has 6 heteroatoms. The number of likely N-dealkylation sites (tertiary alicyclic amines) is 2. The number of hydrogen-bond acceptors (Lipinski definition) is 5. The van der Waals surface area contributed by atoms with Crippen LogP contribution in [0.3, 0.4) is 0 Å². The first-order chi connectivity index (χ1) is 13.2. The maximum absolute atomic E-state index is 12.8. The van der Waals surface area contributed by atoms with Crippen LogP contribution in [0.15, 0.2) is 18.3 Å². The second kappa shape index (κ2) is 8.15. The van der Waals surface area contributed by atoms with Gasteiger partial charge in [-0.2, -0.15) is 0 Å². The van der Waals surface area contributed by atoms with Gasteiger partial charge in [-0.3, -0.25) is 4.79 Å². The standard InChI is InChI=1S/C21H31N3O3/c1-26-19-6-5-17(16-22-19)20(25)24-12-8-21(9-13-24)15-18(7-14-27-21)23-10-3-2-4-11-23/h5-6,16,18H,2-4,7-15H2,1H3. The zero-order valence-electron chi connectivity index (χ0n) is 16.4. The molecule has 0 bridgehead atoms. The summed E-state index contributed by atoms with van der Waals surface area (Å²) in [4.78, 5) is 21.6. The fourth-order valence-electron chi connectivity index (χ4n) is 4.87. The van der Waals surface area contributed by atoms with Gasteiger partial charge in [0.25, 0.3) is 5.91 Å². The van der Waals surface area contributed by atoms with E-state index in [0.717, 1.165) is 45.4 Å². The summed E-state index contributed by atoms with van der Waals surface area (Å²) >= 11 is 0. The maximum atomic E-state index is 12.8. The molecule has 6 nitrogen and oxygen atoms in total. The Morgan fingerprint density at radius 1 is 1.19 bits per heavy atom. The molecule has 1 aromatic heterocycles. The van der Waals surface area contributed by atoms with Gasteiger partial charge < -0.3 is 19.3 Å². The minimum Gasteiger partial charge on any atom is -0.481 e. The van der Waals surface area contributed by atoms with Gasteiger partial charge in [0.15, 0.2) is 0 Å². The second-order valence-corrected chi connectivity index (χ2v) is 8.16. The van der Waals surface area contributed by atoms with Gasteiger partial charge in [0.05, 0.1) is 18.3 Å². The number of carbonyl (C=O) groups excluding carboxylic acids is 1. The summed E-state index contributed by atoms with van der Waals surface area (Å²) in [6, 6.07) is 4.20. The van der Waals surface area contributed by atoms with Crippen molar-refractivity contribution in [2.45, 2.75) is 56.6 Å². The van der Waals surface area contributed by atoms with E-state index >= 15 is 0 Å². The zero-order chi connectivity index (χ0) is 18.7. The van der Waals surface area contributed by atoms with Gasteiger partial charge in [-0.25, -0.2) is 4.98 Å². The molecule has 1 amide bonds. The van der Waals surface area contributed by atoms with Crippen LogP contribution in [0.1, 0.15) is 55.3 Å². The SMILES string of the molecule is COc1ccc(C(=O)N2CCC3(CC2)CC(N2CCCCC2)CCO3)cn1. The van der Waals surface area contributed by atoms with Crippen molar-refractivity contribution in [2.24, 2.45) is 0 Å². The van der Waals surface area contributed by atoms with Crippen LogP contribution in [0.5, 0.6) is 5.88 Å². The van der Waals surface area contributed by atoms with E-state index in [1.807, 2.05) is 4.90 Å². The lowest BCUT2D eigenvalue weighted by molar-refractivity contribution is -0.131. The van der Waals surface area contributed by atoms with Crippen molar-refractivity contribution < 1.29 is 14.3 Å². The molecule has 3 saturated heterocycles. The van der Waals surface area contributed by atoms with Crippen LogP contribution in [0.2, 0.25) is 0 Å². The van der Waals surface area contributed by atoms with Gasteiger partial charge in [-0.1, -0.05) is 6.42 Å². The van der Waals surface area contributed by atoms with Crippen LogP contribution in [-0.2, 0) is 4.74 Å². The van der Waals surface area contributed by atoms with E-state index in [4.69, 9.17) is 9.47 Å². The Labute approximate surface area is 161 Å². The molecule has 1 spiro atoms. The van der Waals surface area contributed by atoms with E-state index in [-0.39, 0.29) is 11.5 Å². The monoisotopic (exact) mass is 373 g/mol. The van der Waals surface area contributed by atoms with E-state index in [2.05, 4.69) is 9.88 Å². The van der Waals surface area contributed by atoms with Gasteiger partial charge in [-0.15, -0.1) is 0 Å². The van der Waals surface area contributed by atoms with Gasteiger partial charge >= 0.3 is 0 Å². The minimum atomic E-state index is -0.0324. The van der Waals surface area contributed by atoms with E-state index in [1.165, 1.54) is 32.4 Å². The van der Waals surface area contributed by atoms with Gasteiger partial charge in [0.1, 0.15) is 0 Å².